The molecule has 0 spiro atoms. The summed E-state index contributed by atoms with van der Waals surface area (Å²) in [6, 6.07) is 9.93. The molecule has 1 aromatic carbocycles. The van der Waals surface area contributed by atoms with Crippen molar-refractivity contribution in [1.29, 1.82) is 0 Å². The second-order valence-corrected chi connectivity index (χ2v) is 7.27. The van der Waals surface area contributed by atoms with Gasteiger partial charge in [-0.2, -0.15) is 0 Å². The summed E-state index contributed by atoms with van der Waals surface area (Å²) in [6.07, 6.45) is 1.67. The van der Waals surface area contributed by atoms with Gasteiger partial charge in [0, 0.05) is 36.6 Å². The number of benzene rings is 1. The lowest BCUT2D eigenvalue weighted by molar-refractivity contribution is -0.116. The fourth-order valence-electron chi connectivity index (χ4n) is 3.35. The average Bonchev–Trinajstić information content (AvgIpc) is 2.64. The Balaban J connectivity index is 1.62. The van der Waals surface area contributed by atoms with Crippen LogP contribution in [0.15, 0.2) is 47.4 Å². The molecule has 7 nitrogen and oxygen atoms in total. The molecule has 0 aliphatic carbocycles. The summed E-state index contributed by atoms with van der Waals surface area (Å²) in [5.74, 6) is -0.353. The maximum Gasteiger partial charge on any atom is 0.254 e. The summed E-state index contributed by atoms with van der Waals surface area (Å²) in [4.78, 5) is 38.5. The van der Waals surface area contributed by atoms with E-state index in [1.165, 1.54) is 10.6 Å². The summed E-state index contributed by atoms with van der Waals surface area (Å²) in [5.41, 5.74) is 1.82. The number of nitrogens with zero attached hydrogens (tertiary/aromatic N) is 2. The lowest BCUT2D eigenvalue weighted by atomic mass is 10.1. The Morgan fingerprint density at radius 1 is 1.07 bits per heavy atom. The van der Waals surface area contributed by atoms with Gasteiger partial charge < -0.3 is 19.5 Å². The van der Waals surface area contributed by atoms with E-state index >= 15 is 0 Å². The summed E-state index contributed by atoms with van der Waals surface area (Å²) < 4.78 is 7.03. The normalized spacial score (nSPS) is 19.3. The van der Waals surface area contributed by atoms with Crippen LogP contribution in [-0.2, 0) is 16.1 Å². The van der Waals surface area contributed by atoms with E-state index < -0.39 is 0 Å². The highest BCUT2D eigenvalue weighted by Crippen LogP contribution is 2.16. The van der Waals surface area contributed by atoms with Gasteiger partial charge in [0.05, 0.1) is 12.2 Å². The Kier molecular flexibility index (Phi) is 5.94. The van der Waals surface area contributed by atoms with Gasteiger partial charge in [0.15, 0.2) is 0 Å². The Hall–Kier alpha value is -2.93. The van der Waals surface area contributed by atoms with Gasteiger partial charge in [-0.3, -0.25) is 14.4 Å². The second-order valence-electron chi connectivity index (χ2n) is 7.27. The number of pyridine rings is 1. The first kappa shape index (κ1) is 19.8. The van der Waals surface area contributed by atoms with Crippen LogP contribution in [0.3, 0.4) is 0 Å². The molecule has 2 heterocycles. The predicted octanol–water partition coefficient (Wildman–Crippen LogP) is 2.04. The maximum atomic E-state index is 12.7. The first-order valence-corrected chi connectivity index (χ1v) is 9.33. The Bertz CT molecular complexity index is 910. The van der Waals surface area contributed by atoms with Gasteiger partial charge in [-0.15, -0.1) is 0 Å². The van der Waals surface area contributed by atoms with Gasteiger partial charge in [-0.25, -0.2) is 0 Å². The van der Waals surface area contributed by atoms with Crippen LogP contribution in [0.25, 0.3) is 0 Å². The zero-order valence-electron chi connectivity index (χ0n) is 16.3. The van der Waals surface area contributed by atoms with E-state index in [0.717, 1.165) is 5.56 Å². The number of carbonyl (C=O) groups excluding carboxylic acids is 2. The molecule has 1 fully saturated rings. The number of aryl methyl sites for hydroxylation is 1. The van der Waals surface area contributed by atoms with Crippen molar-refractivity contribution >= 4 is 17.5 Å². The van der Waals surface area contributed by atoms with Gasteiger partial charge in [-0.1, -0.05) is 6.07 Å². The van der Waals surface area contributed by atoms with Crippen molar-refractivity contribution < 1.29 is 14.3 Å². The van der Waals surface area contributed by atoms with Gasteiger partial charge in [0.2, 0.25) is 5.91 Å². The topological polar surface area (TPSA) is 80.6 Å². The molecule has 1 aliphatic heterocycles. The molecule has 1 aliphatic rings. The molecule has 1 saturated heterocycles. The molecule has 3 rings (SSSR count). The monoisotopic (exact) mass is 383 g/mol. The van der Waals surface area contributed by atoms with Crippen LogP contribution in [0.1, 0.15) is 29.8 Å². The molecule has 148 valence electrons. The minimum atomic E-state index is -0.303. The highest BCUT2D eigenvalue weighted by Gasteiger charge is 2.26. The highest BCUT2D eigenvalue weighted by atomic mass is 16.5. The van der Waals surface area contributed by atoms with Crippen LogP contribution in [0.2, 0.25) is 0 Å². The van der Waals surface area contributed by atoms with E-state index in [9.17, 15) is 14.4 Å². The average molecular weight is 383 g/mol. The third-order valence-electron chi connectivity index (χ3n) is 4.57. The SMILES string of the molecule is Cc1ccc(=O)n(CC(=O)Nc2ccc(C(=O)N3CC(C)OC(C)C3)cc2)c1. The van der Waals surface area contributed by atoms with Crippen molar-refractivity contribution in [2.45, 2.75) is 39.5 Å². The summed E-state index contributed by atoms with van der Waals surface area (Å²) in [6.45, 7) is 6.83. The second kappa shape index (κ2) is 8.39. The van der Waals surface area contributed by atoms with Crippen molar-refractivity contribution in [3.8, 4) is 0 Å². The molecule has 1 N–H and O–H groups in total. The van der Waals surface area contributed by atoms with Crippen molar-refractivity contribution in [2.24, 2.45) is 0 Å². The molecule has 0 saturated carbocycles. The van der Waals surface area contributed by atoms with Gasteiger partial charge >= 0.3 is 0 Å². The lowest BCUT2D eigenvalue weighted by Gasteiger charge is -2.35. The van der Waals surface area contributed by atoms with Crippen molar-refractivity contribution in [1.82, 2.24) is 9.47 Å². The molecule has 28 heavy (non-hydrogen) atoms. The maximum absolute atomic E-state index is 12.7. The minimum absolute atomic E-state index is 0.0105. The van der Waals surface area contributed by atoms with Crippen LogP contribution in [-0.4, -0.2) is 46.6 Å². The van der Waals surface area contributed by atoms with Crippen LogP contribution in [0, 0.1) is 6.92 Å². The van der Waals surface area contributed by atoms with E-state index in [1.807, 2.05) is 20.8 Å². The molecule has 2 aromatic rings. The van der Waals surface area contributed by atoms with Crippen LogP contribution >= 0.6 is 0 Å². The van der Waals surface area contributed by atoms with Crippen LogP contribution in [0.5, 0.6) is 0 Å². The quantitative estimate of drug-likeness (QED) is 0.876. The smallest absolute Gasteiger partial charge is 0.254 e. The minimum Gasteiger partial charge on any atom is -0.372 e. The van der Waals surface area contributed by atoms with Crippen LogP contribution < -0.4 is 10.9 Å². The number of hydrogen-bond donors (Lipinski definition) is 1. The third kappa shape index (κ3) is 4.86. The number of morpholine rings is 1. The lowest BCUT2D eigenvalue weighted by Crippen LogP contribution is -2.48. The number of anilines is 1. The van der Waals surface area contributed by atoms with Crippen molar-refractivity contribution in [3.63, 3.8) is 0 Å². The van der Waals surface area contributed by atoms with Gasteiger partial charge in [-0.05, 0) is 50.6 Å². The zero-order chi connectivity index (χ0) is 20.3. The summed E-state index contributed by atoms with van der Waals surface area (Å²) in [5, 5.41) is 2.75. The molecule has 7 heteroatoms. The molecule has 0 radical (unpaired) electrons. The number of aromatic nitrogens is 1. The van der Waals surface area contributed by atoms with E-state index in [2.05, 4.69) is 5.32 Å². The highest BCUT2D eigenvalue weighted by molar-refractivity contribution is 5.96. The molecule has 2 unspecified atom stereocenters. The van der Waals surface area contributed by atoms with E-state index in [1.54, 1.807) is 41.4 Å². The first-order valence-electron chi connectivity index (χ1n) is 9.33. The molecular formula is C21H25N3O4. The summed E-state index contributed by atoms with van der Waals surface area (Å²) in [7, 11) is 0. The molecule has 0 bridgehead atoms. The number of carbonyl (C=O) groups is 2. The van der Waals surface area contributed by atoms with Crippen molar-refractivity contribution in [2.75, 3.05) is 18.4 Å². The number of amides is 2. The first-order chi connectivity index (χ1) is 13.3. The Morgan fingerprint density at radius 3 is 2.36 bits per heavy atom. The van der Waals surface area contributed by atoms with E-state index in [-0.39, 0.29) is 36.1 Å². The number of rotatable bonds is 4. The molecule has 2 atom stereocenters. The Labute approximate surface area is 163 Å². The van der Waals surface area contributed by atoms with E-state index in [0.29, 0.717) is 24.3 Å². The number of nitrogens with one attached hydrogen (secondary N) is 1. The number of hydrogen-bond acceptors (Lipinski definition) is 4. The fourth-order valence-corrected chi connectivity index (χ4v) is 3.35. The predicted molar refractivity (Wildman–Crippen MR) is 106 cm³/mol. The third-order valence-corrected chi connectivity index (χ3v) is 4.57. The van der Waals surface area contributed by atoms with Gasteiger partial charge in [0.25, 0.3) is 11.5 Å². The standard InChI is InChI=1S/C21H25N3O4/c1-14-4-9-20(26)23(10-14)13-19(25)22-18-7-5-17(6-8-18)21(27)24-11-15(2)28-16(3)12-24/h4-10,15-16H,11-13H2,1-3H3,(H,22,25). The summed E-state index contributed by atoms with van der Waals surface area (Å²) >= 11 is 0. The van der Waals surface area contributed by atoms with Crippen molar-refractivity contribution in [3.05, 3.63) is 64.1 Å². The Morgan fingerprint density at radius 2 is 1.71 bits per heavy atom. The van der Waals surface area contributed by atoms with Crippen LogP contribution in [0.4, 0.5) is 5.69 Å². The number of ether oxygens (including phenoxy) is 1. The fraction of sp³-hybridized carbons (Fsp3) is 0.381. The molecular weight excluding hydrogens is 358 g/mol. The van der Waals surface area contributed by atoms with E-state index in [4.69, 9.17) is 4.74 Å². The molecule has 1 aromatic heterocycles. The zero-order valence-corrected chi connectivity index (χ0v) is 16.3. The molecule has 2 amide bonds. The largest absolute Gasteiger partial charge is 0.372 e. The van der Waals surface area contributed by atoms with Gasteiger partial charge in [0.1, 0.15) is 6.54 Å².